The zero-order chi connectivity index (χ0) is 30.2. The van der Waals surface area contributed by atoms with Crippen LogP contribution in [-0.2, 0) is 0 Å². The lowest BCUT2D eigenvalue weighted by Crippen LogP contribution is -1.97. The van der Waals surface area contributed by atoms with Crippen molar-refractivity contribution in [2.75, 3.05) is 0 Å². The number of benzene rings is 8. The SMILES string of the molecule is c1ccc(-n2c3ccccc3c3cc4cc(-c5cccc(-c6ccc7c8c(cccc68)-c6ccccc6O7)c5)ccc4cc32)cc1. The van der Waals surface area contributed by atoms with E-state index < -0.39 is 0 Å². The summed E-state index contributed by atoms with van der Waals surface area (Å²) in [5.41, 5.74) is 10.8. The Morgan fingerprint density at radius 2 is 1.13 bits per heavy atom. The van der Waals surface area contributed by atoms with Gasteiger partial charge in [0.1, 0.15) is 11.5 Å². The molecule has 1 aliphatic heterocycles. The molecule has 0 fully saturated rings. The van der Waals surface area contributed by atoms with Gasteiger partial charge in [-0.25, -0.2) is 0 Å². The average molecular weight is 586 g/mol. The van der Waals surface area contributed by atoms with Gasteiger partial charge >= 0.3 is 0 Å². The number of nitrogens with zero attached hydrogens (tertiary/aromatic N) is 1. The highest BCUT2D eigenvalue weighted by atomic mass is 16.5. The fourth-order valence-electron chi connectivity index (χ4n) is 7.45. The molecule has 0 aliphatic carbocycles. The predicted molar refractivity (Wildman–Crippen MR) is 192 cm³/mol. The molecule has 8 aromatic carbocycles. The van der Waals surface area contributed by atoms with Crippen molar-refractivity contribution in [3.8, 4) is 50.6 Å². The molecular weight excluding hydrogens is 558 g/mol. The maximum absolute atomic E-state index is 6.36. The Balaban J connectivity index is 1.11. The molecule has 10 rings (SSSR count). The van der Waals surface area contributed by atoms with Crippen LogP contribution in [0.5, 0.6) is 11.5 Å². The van der Waals surface area contributed by atoms with E-state index in [2.05, 4.69) is 156 Å². The largest absolute Gasteiger partial charge is 0.456 e. The number of fused-ring (bicyclic) bond motifs is 6. The summed E-state index contributed by atoms with van der Waals surface area (Å²) in [6, 6.07) is 59.1. The van der Waals surface area contributed by atoms with Crippen LogP contribution in [-0.4, -0.2) is 4.57 Å². The minimum atomic E-state index is 0.912. The van der Waals surface area contributed by atoms with Gasteiger partial charge in [-0.05, 0) is 98.6 Å². The fraction of sp³-hybridized carbons (Fsp3) is 0. The molecule has 46 heavy (non-hydrogen) atoms. The Labute approximate surface area is 266 Å². The van der Waals surface area contributed by atoms with Crippen LogP contribution < -0.4 is 4.74 Å². The number of hydrogen-bond donors (Lipinski definition) is 0. The normalized spacial score (nSPS) is 12.1. The van der Waals surface area contributed by atoms with Crippen molar-refractivity contribution in [2.24, 2.45) is 0 Å². The summed E-state index contributed by atoms with van der Waals surface area (Å²) in [6.07, 6.45) is 0. The fourth-order valence-corrected chi connectivity index (χ4v) is 7.45. The van der Waals surface area contributed by atoms with Gasteiger partial charge in [-0.15, -0.1) is 0 Å². The summed E-state index contributed by atoms with van der Waals surface area (Å²) in [5.74, 6) is 1.83. The topological polar surface area (TPSA) is 14.2 Å². The van der Waals surface area contributed by atoms with E-state index in [1.807, 2.05) is 12.1 Å². The first-order valence-corrected chi connectivity index (χ1v) is 15.8. The van der Waals surface area contributed by atoms with Gasteiger partial charge in [-0.1, -0.05) is 109 Å². The van der Waals surface area contributed by atoms with Crippen molar-refractivity contribution in [3.63, 3.8) is 0 Å². The van der Waals surface area contributed by atoms with Gasteiger partial charge < -0.3 is 9.30 Å². The Bertz CT molecular complexity index is 2660. The van der Waals surface area contributed by atoms with Gasteiger partial charge in [-0.2, -0.15) is 0 Å². The van der Waals surface area contributed by atoms with Crippen molar-refractivity contribution >= 4 is 43.4 Å². The van der Waals surface area contributed by atoms with E-state index in [1.165, 1.54) is 76.9 Å². The third-order valence-electron chi connectivity index (χ3n) is 9.55. The van der Waals surface area contributed by atoms with Gasteiger partial charge in [-0.3, -0.25) is 0 Å². The highest BCUT2D eigenvalue weighted by Crippen LogP contribution is 2.48. The standard InChI is InChI=1S/C44H27NO/c1-2-12-33(13-3-1)45-40-18-6-4-14-35(40)39-26-32-25-29(20-21-30(32)27-41(39)45)28-10-8-11-31(24-28)34-22-23-43-44-37(34)16-9-17-38(44)36-15-5-7-19-42(36)46-43/h1-27H. The first kappa shape index (κ1) is 25.2. The van der Waals surface area contributed by atoms with E-state index in [0.717, 1.165) is 17.1 Å². The second kappa shape index (κ2) is 9.69. The Hall–Kier alpha value is -6.12. The minimum Gasteiger partial charge on any atom is -0.456 e. The zero-order valence-corrected chi connectivity index (χ0v) is 24.9. The third kappa shape index (κ3) is 3.71. The van der Waals surface area contributed by atoms with Crippen LogP contribution in [0.2, 0.25) is 0 Å². The van der Waals surface area contributed by atoms with E-state index in [-0.39, 0.29) is 0 Å². The summed E-state index contributed by atoms with van der Waals surface area (Å²) < 4.78 is 8.74. The molecule has 0 radical (unpaired) electrons. The summed E-state index contributed by atoms with van der Waals surface area (Å²) >= 11 is 0. The first-order valence-electron chi connectivity index (χ1n) is 15.8. The number of aromatic nitrogens is 1. The summed E-state index contributed by atoms with van der Waals surface area (Å²) in [6.45, 7) is 0. The Kier molecular flexibility index (Phi) is 5.31. The van der Waals surface area contributed by atoms with Crippen molar-refractivity contribution in [1.82, 2.24) is 4.57 Å². The van der Waals surface area contributed by atoms with Crippen LogP contribution in [0.4, 0.5) is 0 Å². The molecule has 0 unspecified atom stereocenters. The maximum atomic E-state index is 6.36. The number of rotatable bonds is 3. The molecule has 0 saturated carbocycles. The lowest BCUT2D eigenvalue weighted by atomic mass is 9.89. The average Bonchev–Trinajstić information content (AvgIpc) is 3.44. The maximum Gasteiger partial charge on any atom is 0.135 e. The molecule has 2 heterocycles. The van der Waals surface area contributed by atoms with E-state index in [0.29, 0.717) is 0 Å². The zero-order valence-electron chi connectivity index (χ0n) is 24.9. The molecule has 2 nitrogen and oxygen atoms in total. The smallest absolute Gasteiger partial charge is 0.135 e. The van der Waals surface area contributed by atoms with Gasteiger partial charge in [0.05, 0.1) is 11.0 Å². The Morgan fingerprint density at radius 1 is 0.370 bits per heavy atom. The number of hydrogen-bond acceptors (Lipinski definition) is 1. The molecule has 0 spiro atoms. The molecule has 9 aromatic rings. The molecule has 1 aromatic heterocycles. The second-order valence-electron chi connectivity index (χ2n) is 12.1. The monoisotopic (exact) mass is 585 g/mol. The predicted octanol–water partition coefficient (Wildman–Crippen LogP) is 12.2. The second-order valence-corrected chi connectivity index (χ2v) is 12.1. The third-order valence-corrected chi connectivity index (χ3v) is 9.55. The summed E-state index contributed by atoms with van der Waals surface area (Å²) in [5, 5.41) is 7.39. The van der Waals surface area contributed by atoms with Crippen molar-refractivity contribution in [3.05, 3.63) is 164 Å². The van der Waals surface area contributed by atoms with E-state index in [4.69, 9.17) is 4.74 Å². The Morgan fingerprint density at radius 3 is 2.09 bits per heavy atom. The van der Waals surface area contributed by atoms with Crippen molar-refractivity contribution in [1.29, 1.82) is 0 Å². The molecule has 0 bridgehead atoms. The highest BCUT2D eigenvalue weighted by molar-refractivity contribution is 6.14. The van der Waals surface area contributed by atoms with Gasteiger partial charge in [0.25, 0.3) is 0 Å². The van der Waals surface area contributed by atoms with Crippen LogP contribution in [0, 0.1) is 0 Å². The molecule has 0 atom stereocenters. The van der Waals surface area contributed by atoms with Crippen molar-refractivity contribution < 1.29 is 4.74 Å². The molecule has 2 heteroatoms. The molecule has 0 amide bonds. The van der Waals surface area contributed by atoms with Crippen LogP contribution in [0.25, 0.3) is 82.4 Å². The quantitative estimate of drug-likeness (QED) is 0.201. The number of para-hydroxylation sites is 3. The molecule has 0 saturated heterocycles. The molecule has 0 N–H and O–H groups in total. The molecule has 1 aliphatic rings. The summed E-state index contributed by atoms with van der Waals surface area (Å²) in [4.78, 5) is 0. The minimum absolute atomic E-state index is 0.912. The van der Waals surface area contributed by atoms with Crippen molar-refractivity contribution in [2.45, 2.75) is 0 Å². The lowest BCUT2D eigenvalue weighted by molar-refractivity contribution is 0.487. The molecule has 214 valence electrons. The van der Waals surface area contributed by atoms with E-state index in [1.54, 1.807) is 0 Å². The van der Waals surface area contributed by atoms with E-state index >= 15 is 0 Å². The van der Waals surface area contributed by atoms with Crippen LogP contribution in [0.3, 0.4) is 0 Å². The van der Waals surface area contributed by atoms with Gasteiger partial charge in [0.2, 0.25) is 0 Å². The van der Waals surface area contributed by atoms with Gasteiger partial charge in [0.15, 0.2) is 0 Å². The molecular formula is C44H27NO. The van der Waals surface area contributed by atoms with Gasteiger partial charge in [0, 0.05) is 27.4 Å². The lowest BCUT2D eigenvalue weighted by Gasteiger charge is -2.22. The highest BCUT2D eigenvalue weighted by Gasteiger charge is 2.21. The van der Waals surface area contributed by atoms with E-state index in [9.17, 15) is 0 Å². The summed E-state index contributed by atoms with van der Waals surface area (Å²) in [7, 11) is 0. The first-order chi connectivity index (χ1) is 22.8. The van der Waals surface area contributed by atoms with Crippen LogP contribution in [0.1, 0.15) is 0 Å². The number of ether oxygens (including phenoxy) is 1. The van der Waals surface area contributed by atoms with Crippen LogP contribution >= 0.6 is 0 Å². The van der Waals surface area contributed by atoms with Crippen LogP contribution in [0.15, 0.2) is 164 Å².